The van der Waals surface area contributed by atoms with E-state index < -0.39 is 0 Å². The fraction of sp³-hybridized carbons (Fsp3) is 0. The van der Waals surface area contributed by atoms with Crippen LogP contribution in [-0.4, -0.2) is 15.2 Å². The van der Waals surface area contributed by atoms with E-state index in [0.717, 1.165) is 16.6 Å². The summed E-state index contributed by atoms with van der Waals surface area (Å²) in [6.07, 6.45) is 1.88. The number of thiocarbonyl (C=S) groups is 1. The Morgan fingerprint density at radius 2 is 1.68 bits per heavy atom. The zero-order chi connectivity index (χ0) is 15.7. The maximum Gasteiger partial charge on any atom is 0.175 e. The molecule has 0 amide bonds. The van der Waals surface area contributed by atoms with E-state index in [1.165, 1.54) is 0 Å². The van der Waals surface area contributed by atoms with Gasteiger partial charge < -0.3 is 20.7 Å². The molecule has 4 nitrogen and oxygen atoms in total. The number of halogens is 2. The maximum atomic E-state index is 9.54. The van der Waals surface area contributed by atoms with E-state index in [0.29, 0.717) is 10.8 Å². The molecule has 0 bridgehead atoms. The quantitative estimate of drug-likeness (QED) is 0.388. The summed E-state index contributed by atoms with van der Waals surface area (Å²) >= 11 is 17.0. The van der Waals surface area contributed by atoms with Crippen molar-refractivity contribution in [3.05, 3.63) is 52.6 Å². The van der Waals surface area contributed by atoms with Crippen molar-refractivity contribution in [2.75, 3.05) is 10.6 Å². The molecule has 0 fully saturated rings. The Morgan fingerprint density at radius 1 is 1.00 bits per heavy atom. The number of hydrogen-bond acceptors (Lipinski definition) is 2. The first-order chi connectivity index (χ1) is 10.5. The lowest BCUT2D eigenvalue weighted by Crippen LogP contribution is -2.19. The summed E-state index contributed by atoms with van der Waals surface area (Å²) < 4.78 is 0. The van der Waals surface area contributed by atoms with Crippen molar-refractivity contribution >= 4 is 62.8 Å². The minimum Gasteiger partial charge on any atom is -0.505 e. The van der Waals surface area contributed by atoms with Crippen LogP contribution < -0.4 is 10.6 Å². The zero-order valence-electron chi connectivity index (χ0n) is 11.2. The molecule has 7 heteroatoms. The summed E-state index contributed by atoms with van der Waals surface area (Å²) in [6.45, 7) is 0. The molecule has 0 atom stereocenters. The molecule has 0 unspecified atom stereocenters. The van der Waals surface area contributed by atoms with Crippen LogP contribution >= 0.6 is 35.4 Å². The lowest BCUT2D eigenvalue weighted by atomic mass is 10.2. The lowest BCUT2D eigenvalue weighted by molar-refractivity contribution is 0.476. The molecule has 4 N–H and O–H groups in total. The van der Waals surface area contributed by atoms with Crippen molar-refractivity contribution in [1.82, 2.24) is 4.98 Å². The number of rotatable bonds is 2. The van der Waals surface area contributed by atoms with E-state index in [1.807, 2.05) is 30.5 Å². The molecule has 3 rings (SSSR count). The highest BCUT2D eigenvalue weighted by atomic mass is 35.5. The highest BCUT2D eigenvalue weighted by molar-refractivity contribution is 7.80. The van der Waals surface area contributed by atoms with Gasteiger partial charge in [0, 0.05) is 28.5 Å². The average molecular weight is 352 g/mol. The molecule has 0 saturated heterocycles. The first-order valence-corrected chi connectivity index (χ1v) is 7.52. The number of phenols is 1. The van der Waals surface area contributed by atoms with Crippen molar-refractivity contribution in [3.8, 4) is 5.75 Å². The molecule has 0 aliphatic carbocycles. The molecule has 0 aliphatic rings. The first-order valence-electron chi connectivity index (χ1n) is 6.36. The molecule has 0 aliphatic heterocycles. The molecule has 1 heterocycles. The van der Waals surface area contributed by atoms with E-state index >= 15 is 0 Å². The van der Waals surface area contributed by atoms with Gasteiger partial charge in [-0.05, 0) is 48.6 Å². The van der Waals surface area contributed by atoms with Gasteiger partial charge in [-0.15, -0.1) is 0 Å². The summed E-state index contributed by atoms with van der Waals surface area (Å²) in [7, 11) is 0. The van der Waals surface area contributed by atoms with Gasteiger partial charge in [0.2, 0.25) is 0 Å². The van der Waals surface area contributed by atoms with Gasteiger partial charge >= 0.3 is 0 Å². The number of benzene rings is 2. The van der Waals surface area contributed by atoms with Gasteiger partial charge in [0.25, 0.3) is 0 Å². The number of phenolic OH excluding ortho intramolecular Hbond substituents is 1. The summed E-state index contributed by atoms with van der Waals surface area (Å²) in [5.74, 6) is -0.148. The third-order valence-electron chi connectivity index (χ3n) is 3.09. The van der Waals surface area contributed by atoms with E-state index in [-0.39, 0.29) is 15.8 Å². The number of fused-ring (bicyclic) bond motifs is 1. The summed E-state index contributed by atoms with van der Waals surface area (Å²) in [5, 5.41) is 17.4. The van der Waals surface area contributed by atoms with Gasteiger partial charge in [0.15, 0.2) is 10.9 Å². The van der Waals surface area contributed by atoms with Crippen molar-refractivity contribution in [3.63, 3.8) is 0 Å². The Morgan fingerprint density at radius 3 is 2.41 bits per heavy atom. The molecule has 0 radical (unpaired) electrons. The second kappa shape index (κ2) is 6.04. The Kier molecular flexibility index (Phi) is 4.11. The summed E-state index contributed by atoms with van der Waals surface area (Å²) in [6, 6.07) is 10.9. The predicted molar refractivity (Wildman–Crippen MR) is 96.3 cm³/mol. The Hall–Kier alpha value is -1.95. The number of hydrogen-bond donors (Lipinski definition) is 4. The molecule has 1 aromatic heterocycles. The maximum absolute atomic E-state index is 9.54. The third-order valence-corrected chi connectivity index (χ3v) is 3.87. The second-order valence-corrected chi connectivity index (χ2v) is 5.87. The Labute approximate surface area is 142 Å². The standard InChI is InChI=1S/C15H11Cl2N3OS/c16-11-6-10(7-12(17)14(11)21)20-15(22)19-9-1-2-13-8(5-9)3-4-18-13/h1-7,18,21H,(H2,19,20,22). The largest absolute Gasteiger partial charge is 0.505 e. The molecule has 22 heavy (non-hydrogen) atoms. The van der Waals surface area contributed by atoms with Crippen LogP contribution in [0.3, 0.4) is 0 Å². The SMILES string of the molecule is Oc1c(Cl)cc(NC(=S)Nc2ccc3[nH]ccc3c2)cc1Cl. The third kappa shape index (κ3) is 3.11. The van der Waals surface area contributed by atoms with Crippen LogP contribution in [0.2, 0.25) is 10.0 Å². The first kappa shape index (κ1) is 15.0. The summed E-state index contributed by atoms with van der Waals surface area (Å²) in [4.78, 5) is 3.13. The fourth-order valence-electron chi connectivity index (χ4n) is 2.06. The molecule has 0 saturated carbocycles. The molecular weight excluding hydrogens is 341 g/mol. The molecule has 3 aromatic rings. The zero-order valence-corrected chi connectivity index (χ0v) is 13.5. The van der Waals surface area contributed by atoms with Crippen molar-refractivity contribution in [2.24, 2.45) is 0 Å². The van der Waals surface area contributed by atoms with Crippen LogP contribution in [-0.2, 0) is 0 Å². The molecule has 2 aromatic carbocycles. The number of nitrogens with one attached hydrogen (secondary N) is 3. The van der Waals surface area contributed by atoms with Crippen LogP contribution in [0.4, 0.5) is 11.4 Å². The van der Waals surface area contributed by atoms with E-state index in [9.17, 15) is 5.11 Å². The van der Waals surface area contributed by atoms with Gasteiger partial charge in [-0.3, -0.25) is 0 Å². The summed E-state index contributed by atoms with van der Waals surface area (Å²) in [5.41, 5.74) is 2.51. The number of aromatic amines is 1. The van der Waals surface area contributed by atoms with E-state index in [1.54, 1.807) is 12.1 Å². The molecule has 0 spiro atoms. The van der Waals surface area contributed by atoms with Gasteiger partial charge in [-0.25, -0.2) is 0 Å². The highest BCUT2D eigenvalue weighted by Gasteiger charge is 2.08. The number of H-pyrrole nitrogens is 1. The van der Waals surface area contributed by atoms with Gasteiger partial charge in [-0.1, -0.05) is 23.2 Å². The van der Waals surface area contributed by atoms with E-state index in [4.69, 9.17) is 35.4 Å². The van der Waals surface area contributed by atoms with Crippen LogP contribution in [0.25, 0.3) is 10.9 Å². The minimum atomic E-state index is -0.148. The molecule has 112 valence electrons. The minimum absolute atomic E-state index is 0.148. The Bertz CT molecular complexity index is 840. The fourth-order valence-corrected chi connectivity index (χ4v) is 2.78. The van der Waals surface area contributed by atoms with Crippen molar-refractivity contribution in [1.29, 1.82) is 0 Å². The van der Waals surface area contributed by atoms with E-state index in [2.05, 4.69) is 15.6 Å². The van der Waals surface area contributed by atoms with Gasteiger partial charge in [-0.2, -0.15) is 0 Å². The number of aromatic nitrogens is 1. The van der Waals surface area contributed by atoms with Crippen molar-refractivity contribution in [2.45, 2.75) is 0 Å². The number of aromatic hydroxyl groups is 1. The predicted octanol–water partition coefficient (Wildman–Crippen LogP) is 4.99. The highest BCUT2D eigenvalue weighted by Crippen LogP contribution is 2.34. The number of anilines is 2. The van der Waals surface area contributed by atoms with Crippen LogP contribution in [0, 0.1) is 0 Å². The lowest BCUT2D eigenvalue weighted by Gasteiger charge is -2.12. The normalized spacial score (nSPS) is 10.6. The topological polar surface area (TPSA) is 60.1 Å². The van der Waals surface area contributed by atoms with Crippen LogP contribution in [0.1, 0.15) is 0 Å². The average Bonchev–Trinajstić information content (AvgIpc) is 2.92. The monoisotopic (exact) mass is 351 g/mol. The Balaban J connectivity index is 1.74. The van der Waals surface area contributed by atoms with Crippen molar-refractivity contribution < 1.29 is 5.11 Å². The van der Waals surface area contributed by atoms with Gasteiger partial charge in [0.05, 0.1) is 10.0 Å². The molecular formula is C15H11Cl2N3OS. The smallest absolute Gasteiger partial charge is 0.175 e. The van der Waals surface area contributed by atoms with Crippen LogP contribution in [0.15, 0.2) is 42.6 Å². The van der Waals surface area contributed by atoms with Crippen LogP contribution in [0.5, 0.6) is 5.75 Å². The second-order valence-electron chi connectivity index (χ2n) is 4.65. The van der Waals surface area contributed by atoms with Gasteiger partial charge in [0.1, 0.15) is 0 Å².